The van der Waals surface area contributed by atoms with Gasteiger partial charge in [0.1, 0.15) is 5.69 Å². The van der Waals surface area contributed by atoms with E-state index in [2.05, 4.69) is 41.2 Å². The van der Waals surface area contributed by atoms with Gasteiger partial charge in [-0.1, -0.05) is 48.5 Å². The van der Waals surface area contributed by atoms with Crippen LogP contribution in [0.4, 0.5) is 22.7 Å². The molecular formula is C45H38N8O9. The van der Waals surface area contributed by atoms with E-state index < -0.39 is 41.5 Å². The van der Waals surface area contributed by atoms with Gasteiger partial charge in [-0.3, -0.25) is 24.0 Å². The fourth-order valence-corrected chi connectivity index (χ4v) is 6.13. The van der Waals surface area contributed by atoms with Gasteiger partial charge in [-0.2, -0.15) is 15.4 Å². The summed E-state index contributed by atoms with van der Waals surface area (Å²) in [6.07, 6.45) is 2.22. The van der Waals surface area contributed by atoms with E-state index in [1.807, 2.05) is 0 Å². The number of ether oxygens (including phenoxy) is 1. The quantitative estimate of drug-likeness (QED) is 0.0404. The van der Waals surface area contributed by atoms with Gasteiger partial charge < -0.3 is 30.9 Å². The predicted molar refractivity (Wildman–Crippen MR) is 226 cm³/mol. The normalized spacial score (nSPS) is 11.2. The second kappa shape index (κ2) is 19.5. The molecule has 0 saturated carbocycles. The van der Waals surface area contributed by atoms with Crippen molar-refractivity contribution in [2.75, 3.05) is 16.0 Å². The molecule has 0 aliphatic rings. The molecule has 1 atom stereocenters. The number of carbonyl (C=O) groups excluding carboxylic acids is 5. The summed E-state index contributed by atoms with van der Waals surface area (Å²) in [4.78, 5) is 84.9. The average molecular weight is 835 g/mol. The molecule has 0 aliphatic heterocycles. The number of anilines is 3. The molecule has 0 radical (unpaired) electrons. The number of hydrogen-bond donors (Lipinski definition) is 6. The third kappa shape index (κ3) is 10.9. The molecule has 0 aliphatic carbocycles. The number of phenolic OH excluding ortho intramolecular Hbond substituents is 1. The summed E-state index contributed by atoms with van der Waals surface area (Å²) in [5, 5.41) is 38.5. The van der Waals surface area contributed by atoms with Crippen molar-refractivity contribution < 1.29 is 43.7 Å². The van der Waals surface area contributed by atoms with Crippen LogP contribution in [0.25, 0.3) is 4.85 Å². The molecule has 17 heteroatoms. The molecule has 0 bridgehead atoms. The summed E-state index contributed by atoms with van der Waals surface area (Å²) < 4.78 is 5.78. The number of phenols is 1. The topological polar surface area (TPSA) is 247 Å². The van der Waals surface area contributed by atoms with Gasteiger partial charge in [0.2, 0.25) is 5.91 Å². The van der Waals surface area contributed by atoms with Crippen molar-refractivity contribution in [2.24, 2.45) is 5.92 Å². The van der Waals surface area contributed by atoms with Crippen molar-refractivity contribution in [1.29, 1.82) is 0 Å². The zero-order valence-corrected chi connectivity index (χ0v) is 33.2. The Bertz CT molecular complexity index is 2660. The molecule has 2 aromatic heterocycles. The van der Waals surface area contributed by atoms with Crippen molar-refractivity contribution in [1.82, 2.24) is 20.4 Å². The van der Waals surface area contributed by atoms with Crippen LogP contribution in [-0.2, 0) is 17.6 Å². The Kier molecular flexibility index (Phi) is 13.5. The van der Waals surface area contributed by atoms with Crippen LogP contribution in [0.5, 0.6) is 11.5 Å². The monoisotopic (exact) mass is 834 g/mol. The molecule has 17 nitrogen and oxygen atoms in total. The lowest BCUT2D eigenvalue weighted by Gasteiger charge is -2.18. The molecule has 0 spiro atoms. The third-order valence-electron chi connectivity index (χ3n) is 9.31. The van der Waals surface area contributed by atoms with Crippen LogP contribution in [0, 0.1) is 12.5 Å². The highest BCUT2D eigenvalue weighted by atomic mass is 16.5. The summed E-state index contributed by atoms with van der Waals surface area (Å²) in [6, 6.07) is 23.8. The number of carbonyl (C=O) groups is 6. The number of ketones is 2. The minimum Gasteiger partial charge on any atom is -0.504 e. The van der Waals surface area contributed by atoms with Gasteiger partial charge in [-0.05, 0) is 67.9 Å². The number of aromatic hydroxyl groups is 1. The van der Waals surface area contributed by atoms with Gasteiger partial charge in [0.15, 0.2) is 28.8 Å². The maximum absolute atomic E-state index is 13.6. The van der Waals surface area contributed by atoms with Crippen LogP contribution in [-0.4, -0.2) is 72.0 Å². The zero-order chi connectivity index (χ0) is 44.3. The summed E-state index contributed by atoms with van der Waals surface area (Å²) in [7, 11) is 0. The minimum atomic E-state index is -1.13. The van der Waals surface area contributed by atoms with E-state index >= 15 is 0 Å². The first kappa shape index (κ1) is 43.1. The number of nitrogens with zero attached hydrogens (tertiary/aromatic N) is 4. The second-order valence-electron chi connectivity index (χ2n) is 14.2. The van der Waals surface area contributed by atoms with E-state index in [9.17, 15) is 33.9 Å². The Morgan fingerprint density at radius 1 is 0.758 bits per heavy atom. The van der Waals surface area contributed by atoms with Crippen LogP contribution < -0.4 is 20.7 Å². The fraction of sp³-hybridized carbons (Fsp3) is 0.156. The first-order valence-corrected chi connectivity index (χ1v) is 19.0. The molecule has 4 aromatic carbocycles. The molecule has 312 valence electrons. The number of pyridine rings is 1. The first-order valence-electron chi connectivity index (χ1n) is 19.0. The summed E-state index contributed by atoms with van der Waals surface area (Å²) >= 11 is 0. The predicted octanol–water partition coefficient (Wildman–Crippen LogP) is 6.94. The van der Waals surface area contributed by atoms with Gasteiger partial charge in [0, 0.05) is 36.1 Å². The highest BCUT2D eigenvalue weighted by Crippen LogP contribution is 2.39. The molecule has 0 fully saturated rings. The Morgan fingerprint density at radius 3 is 2.03 bits per heavy atom. The Morgan fingerprint density at radius 2 is 1.42 bits per heavy atom. The molecule has 0 unspecified atom stereocenters. The van der Waals surface area contributed by atoms with Gasteiger partial charge in [-0.15, -0.1) is 0 Å². The maximum atomic E-state index is 13.6. The lowest BCUT2D eigenvalue weighted by molar-refractivity contribution is -0.119. The Labute approximate surface area is 354 Å². The van der Waals surface area contributed by atoms with Crippen LogP contribution >= 0.6 is 0 Å². The van der Waals surface area contributed by atoms with Crippen molar-refractivity contribution in [3.05, 3.63) is 160 Å². The van der Waals surface area contributed by atoms with E-state index in [1.165, 1.54) is 60.9 Å². The van der Waals surface area contributed by atoms with E-state index in [1.54, 1.807) is 62.4 Å². The van der Waals surface area contributed by atoms with Crippen molar-refractivity contribution in [3.8, 4) is 11.5 Å². The van der Waals surface area contributed by atoms with Crippen LogP contribution in [0.3, 0.4) is 0 Å². The molecule has 6 N–H and O–H groups in total. The number of aromatic carboxylic acids is 1. The lowest BCUT2D eigenvalue weighted by Crippen LogP contribution is -2.27. The summed E-state index contributed by atoms with van der Waals surface area (Å²) in [5.74, 6) is -5.13. The molecule has 3 amide bonds. The summed E-state index contributed by atoms with van der Waals surface area (Å²) in [6.45, 7) is 10.5. The van der Waals surface area contributed by atoms with E-state index in [4.69, 9.17) is 16.4 Å². The molecule has 0 saturated heterocycles. The van der Waals surface area contributed by atoms with E-state index in [-0.39, 0.29) is 70.5 Å². The van der Waals surface area contributed by atoms with Gasteiger partial charge >= 0.3 is 5.97 Å². The van der Waals surface area contributed by atoms with Gasteiger partial charge in [-0.25, -0.2) is 14.6 Å². The maximum Gasteiger partial charge on any atom is 0.335 e. The Balaban J connectivity index is 1.10. The number of hydrogen-bond acceptors (Lipinski definition) is 11. The number of H-pyrrole nitrogens is 1. The highest BCUT2D eigenvalue weighted by Gasteiger charge is 2.26. The molecule has 2 heterocycles. The smallest absolute Gasteiger partial charge is 0.335 e. The second-order valence-corrected chi connectivity index (χ2v) is 14.2. The number of aromatic amines is 1. The molecule has 6 rings (SSSR count). The number of benzene rings is 4. The lowest BCUT2D eigenvalue weighted by atomic mass is 9.92. The van der Waals surface area contributed by atoms with Crippen molar-refractivity contribution in [3.63, 3.8) is 0 Å². The number of carboxylic acid groups (broad SMARTS) is 1. The average Bonchev–Trinajstić information content (AvgIpc) is 3.78. The van der Waals surface area contributed by atoms with E-state index in [0.717, 1.165) is 0 Å². The fourth-order valence-electron chi connectivity index (χ4n) is 6.13. The van der Waals surface area contributed by atoms with Crippen molar-refractivity contribution >= 4 is 58.0 Å². The highest BCUT2D eigenvalue weighted by molar-refractivity contribution is 6.09. The number of carboxylic acids is 1. The first-order chi connectivity index (χ1) is 29.8. The van der Waals surface area contributed by atoms with Gasteiger partial charge in [0.25, 0.3) is 11.8 Å². The van der Waals surface area contributed by atoms with E-state index in [0.29, 0.717) is 28.1 Å². The number of rotatable bonds is 17. The standard InChI is InChI=1S/C45H38N8O9/c1-25(2)62-41-36(19-17-35(40(41)56)43(58)49-32-14-10-29(11-15-32)45(60)61)51-44(59)37-18-16-33(23-47-37)50-42(57)30(21-34-24-48-53-52-34)22-39(55)27-6-4-26(5-7-27)20-38(54)28-8-12-31(46-3)13-9-28/h4-19,23-25,30,56H,20-22H2,1-2H3,(H,49,58)(H,50,57)(H,51,59)(H,60,61)(H,48,52,53)/t30-/m1/s1. The third-order valence-corrected chi connectivity index (χ3v) is 9.31. The van der Waals surface area contributed by atoms with Crippen molar-refractivity contribution in [2.45, 2.75) is 39.2 Å². The van der Waals surface area contributed by atoms with Crippen LogP contribution in [0.15, 0.2) is 109 Å². The van der Waals surface area contributed by atoms with Crippen LogP contribution in [0.1, 0.15) is 83.4 Å². The largest absolute Gasteiger partial charge is 0.504 e. The summed E-state index contributed by atoms with van der Waals surface area (Å²) in [5.41, 5.74) is 2.72. The SMILES string of the molecule is [C-]#[N+]c1ccc(C(=O)Cc2ccc(C(=O)C[C@@H](Cc3cn[nH]n3)C(=O)Nc3ccc(C(=O)Nc4ccc(C(=O)Nc5ccc(C(=O)O)cc5)c(O)c4OC(C)C)nc3)cc2)cc1. The molecule has 6 aromatic rings. The number of amides is 3. The number of Topliss-reactive ketones (excluding diaryl/α,β-unsaturated/α-hetero) is 2. The van der Waals surface area contributed by atoms with Gasteiger partial charge in [0.05, 0.1) is 59.2 Å². The minimum absolute atomic E-state index is 0.0274. The zero-order valence-electron chi connectivity index (χ0n) is 33.2. The molecular weight excluding hydrogens is 797 g/mol. The Hall–Kier alpha value is -8.52. The number of nitrogens with one attached hydrogen (secondary N) is 4. The molecule has 62 heavy (non-hydrogen) atoms. The van der Waals surface area contributed by atoms with Crippen LogP contribution in [0.2, 0.25) is 0 Å². The number of aromatic nitrogens is 4.